The number of aryl methyl sites for hydroxylation is 1. The minimum atomic E-state index is -0.292. The van der Waals surface area contributed by atoms with Crippen LogP contribution in [0.25, 0.3) is 28.0 Å². The molecule has 0 unspecified atom stereocenters. The molecule has 130 valence electrons. The van der Waals surface area contributed by atoms with E-state index in [2.05, 4.69) is 21.1 Å². The van der Waals surface area contributed by atoms with Crippen molar-refractivity contribution in [2.24, 2.45) is 5.73 Å². The number of pyridine rings is 1. The Morgan fingerprint density at radius 1 is 1.15 bits per heavy atom. The maximum absolute atomic E-state index is 10.9. The van der Waals surface area contributed by atoms with Gasteiger partial charge in [-0.15, -0.1) is 0 Å². The van der Waals surface area contributed by atoms with Crippen LogP contribution in [0.4, 0.5) is 0 Å². The van der Waals surface area contributed by atoms with Crippen molar-refractivity contribution in [3.05, 3.63) is 61.3 Å². The molecular weight excluding hydrogens is 328 g/mol. The standard InChI is InChI=1S/C19H18N6O/c20-18(26)4-2-9-24-13-16(12-23-24)25-10-8-22-19(25)15-5-6-17-14(11-15)3-1-7-21-17/h1,3,5-8,10-13H,2,4,9H2,(H2,20,26). The summed E-state index contributed by atoms with van der Waals surface area (Å²) in [5.41, 5.74) is 8.06. The second-order valence-corrected chi connectivity index (χ2v) is 6.06. The van der Waals surface area contributed by atoms with Gasteiger partial charge in [0.15, 0.2) is 0 Å². The highest BCUT2D eigenvalue weighted by molar-refractivity contribution is 5.83. The van der Waals surface area contributed by atoms with Gasteiger partial charge in [0.2, 0.25) is 5.91 Å². The summed E-state index contributed by atoms with van der Waals surface area (Å²) in [6.07, 6.45) is 10.2. The second-order valence-electron chi connectivity index (χ2n) is 6.06. The zero-order valence-corrected chi connectivity index (χ0v) is 14.1. The zero-order valence-electron chi connectivity index (χ0n) is 14.1. The first-order chi connectivity index (χ1) is 12.7. The summed E-state index contributed by atoms with van der Waals surface area (Å²) in [4.78, 5) is 19.7. The van der Waals surface area contributed by atoms with Gasteiger partial charge in [-0.1, -0.05) is 6.07 Å². The van der Waals surface area contributed by atoms with Crippen LogP contribution in [0, 0.1) is 0 Å². The van der Waals surface area contributed by atoms with E-state index in [1.807, 2.05) is 45.9 Å². The van der Waals surface area contributed by atoms with Crippen LogP contribution >= 0.6 is 0 Å². The van der Waals surface area contributed by atoms with E-state index in [1.54, 1.807) is 18.6 Å². The SMILES string of the molecule is NC(=O)CCCn1cc(-n2ccnc2-c2ccc3ncccc3c2)cn1. The Balaban J connectivity index is 1.62. The van der Waals surface area contributed by atoms with E-state index in [0.717, 1.165) is 28.0 Å². The molecule has 4 rings (SSSR count). The lowest BCUT2D eigenvalue weighted by molar-refractivity contribution is -0.118. The molecular formula is C19H18N6O. The van der Waals surface area contributed by atoms with E-state index in [4.69, 9.17) is 5.73 Å². The van der Waals surface area contributed by atoms with Gasteiger partial charge in [0, 0.05) is 48.7 Å². The number of nitrogens with two attached hydrogens (primary N) is 1. The van der Waals surface area contributed by atoms with E-state index in [0.29, 0.717) is 19.4 Å². The van der Waals surface area contributed by atoms with Gasteiger partial charge >= 0.3 is 0 Å². The number of hydrogen-bond donors (Lipinski definition) is 1. The average molecular weight is 346 g/mol. The quantitative estimate of drug-likeness (QED) is 0.581. The van der Waals surface area contributed by atoms with E-state index in [9.17, 15) is 4.79 Å². The van der Waals surface area contributed by atoms with Gasteiger partial charge in [-0.2, -0.15) is 5.10 Å². The first-order valence-corrected chi connectivity index (χ1v) is 8.40. The molecule has 26 heavy (non-hydrogen) atoms. The molecule has 0 aliphatic carbocycles. The Kier molecular flexibility index (Phi) is 4.18. The van der Waals surface area contributed by atoms with E-state index >= 15 is 0 Å². The van der Waals surface area contributed by atoms with Crippen molar-refractivity contribution in [2.45, 2.75) is 19.4 Å². The fraction of sp³-hybridized carbons (Fsp3) is 0.158. The number of carbonyl (C=O) groups is 1. The van der Waals surface area contributed by atoms with Crippen molar-refractivity contribution in [1.29, 1.82) is 0 Å². The van der Waals surface area contributed by atoms with Gasteiger partial charge in [-0.05, 0) is 30.7 Å². The highest BCUT2D eigenvalue weighted by Gasteiger charge is 2.10. The lowest BCUT2D eigenvalue weighted by atomic mass is 10.1. The van der Waals surface area contributed by atoms with Gasteiger partial charge < -0.3 is 5.73 Å². The summed E-state index contributed by atoms with van der Waals surface area (Å²) >= 11 is 0. The zero-order chi connectivity index (χ0) is 17.9. The Labute approximate surface area is 150 Å². The number of carbonyl (C=O) groups excluding carboxylic acids is 1. The van der Waals surface area contributed by atoms with Crippen molar-refractivity contribution >= 4 is 16.8 Å². The monoisotopic (exact) mass is 346 g/mol. The van der Waals surface area contributed by atoms with Crippen molar-refractivity contribution in [1.82, 2.24) is 24.3 Å². The Hall–Kier alpha value is -3.48. The lowest BCUT2D eigenvalue weighted by Crippen LogP contribution is -2.11. The number of nitrogens with zero attached hydrogens (tertiary/aromatic N) is 5. The maximum Gasteiger partial charge on any atom is 0.217 e. The topological polar surface area (TPSA) is 91.6 Å². The molecule has 2 N–H and O–H groups in total. The summed E-state index contributed by atoms with van der Waals surface area (Å²) in [5.74, 6) is 0.549. The van der Waals surface area contributed by atoms with Gasteiger partial charge in [0.1, 0.15) is 5.82 Å². The van der Waals surface area contributed by atoms with Crippen molar-refractivity contribution in [3.8, 4) is 17.1 Å². The summed E-state index contributed by atoms with van der Waals surface area (Å²) in [5, 5.41) is 5.43. The molecule has 7 nitrogen and oxygen atoms in total. The molecule has 0 fully saturated rings. The van der Waals surface area contributed by atoms with Gasteiger partial charge in [0.25, 0.3) is 0 Å². The number of fused-ring (bicyclic) bond motifs is 1. The Bertz CT molecular complexity index is 1060. The normalized spacial score (nSPS) is 11.1. The number of primary amides is 1. The largest absolute Gasteiger partial charge is 0.370 e. The molecule has 0 spiro atoms. The van der Waals surface area contributed by atoms with E-state index in [1.165, 1.54) is 0 Å². The molecule has 3 heterocycles. The molecule has 4 aromatic rings. The molecule has 1 aromatic carbocycles. The summed E-state index contributed by atoms with van der Waals surface area (Å²) in [7, 11) is 0. The van der Waals surface area contributed by atoms with E-state index in [-0.39, 0.29) is 5.91 Å². The van der Waals surface area contributed by atoms with Crippen molar-refractivity contribution in [3.63, 3.8) is 0 Å². The van der Waals surface area contributed by atoms with Crippen LogP contribution in [0.5, 0.6) is 0 Å². The fourth-order valence-corrected chi connectivity index (χ4v) is 2.95. The maximum atomic E-state index is 10.9. The number of aromatic nitrogens is 5. The summed E-state index contributed by atoms with van der Waals surface area (Å²) < 4.78 is 3.81. The van der Waals surface area contributed by atoms with Crippen LogP contribution < -0.4 is 5.73 Å². The third-order valence-electron chi connectivity index (χ3n) is 4.21. The fourth-order valence-electron chi connectivity index (χ4n) is 2.95. The average Bonchev–Trinajstić information content (AvgIpc) is 3.30. The molecule has 0 radical (unpaired) electrons. The van der Waals surface area contributed by atoms with E-state index < -0.39 is 0 Å². The number of amides is 1. The molecule has 0 aliphatic heterocycles. The molecule has 7 heteroatoms. The number of hydrogen-bond acceptors (Lipinski definition) is 4. The van der Waals surface area contributed by atoms with Gasteiger partial charge in [-0.25, -0.2) is 4.98 Å². The molecule has 3 aromatic heterocycles. The molecule has 0 saturated heterocycles. The highest BCUT2D eigenvalue weighted by atomic mass is 16.1. The predicted octanol–water partition coefficient (Wildman–Crippen LogP) is 2.55. The third-order valence-corrected chi connectivity index (χ3v) is 4.21. The first kappa shape index (κ1) is 16.0. The molecule has 0 aliphatic rings. The van der Waals surface area contributed by atoms with Crippen molar-refractivity contribution < 1.29 is 4.79 Å². The second kappa shape index (κ2) is 6.79. The Morgan fingerprint density at radius 3 is 2.96 bits per heavy atom. The van der Waals surface area contributed by atoms with Crippen LogP contribution in [-0.4, -0.2) is 30.2 Å². The number of benzene rings is 1. The summed E-state index contributed by atoms with van der Waals surface area (Å²) in [6.45, 7) is 0.647. The van der Waals surface area contributed by atoms with Crippen LogP contribution in [-0.2, 0) is 11.3 Å². The molecule has 0 bridgehead atoms. The first-order valence-electron chi connectivity index (χ1n) is 8.40. The smallest absolute Gasteiger partial charge is 0.217 e. The predicted molar refractivity (Wildman–Crippen MR) is 98.5 cm³/mol. The van der Waals surface area contributed by atoms with Crippen molar-refractivity contribution in [2.75, 3.05) is 0 Å². The number of imidazole rings is 1. The number of rotatable bonds is 6. The summed E-state index contributed by atoms with van der Waals surface area (Å²) in [6, 6.07) is 10.1. The Morgan fingerprint density at radius 2 is 2.08 bits per heavy atom. The lowest BCUT2D eigenvalue weighted by Gasteiger charge is -2.06. The van der Waals surface area contributed by atoms with Crippen LogP contribution in [0.15, 0.2) is 61.3 Å². The van der Waals surface area contributed by atoms with Gasteiger partial charge in [0.05, 0.1) is 17.4 Å². The van der Waals surface area contributed by atoms with Crippen LogP contribution in [0.3, 0.4) is 0 Å². The molecule has 0 saturated carbocycles. The minimum Gasteiger partial charge on any atom is -0.370 e. The van der Waals surface area contributed by atoms with Gasteiger partial charge in [-0.3, -0.25) is 19.0 Å². The van der Waals surface area contributed by atoms with Crippen LogP contribution in [0.2, 0.25) is 0 Å². The molecule has 1 amide bonds. The third kappa shape index (κ3) is 3.19. The molecule has 0 atom stereocenters. The minimum absolute atomic E-state index is 0.292. The van der Waals surface area contributed by atoms with Crippen LogP contribution in [0.1, 0.15) is 12.8 Å². The highest BCUT2D eigenvalue weighted by Crippen LogP contribution is 2.24.